The van der Waals surface area contributed by atoms with E-state index in [0.717, 1.165) is 17.7 Å². The maximum absolute atomic E-state index is 13.3. The molecule has 0 bridgehead atoms. The van der Waals surface area contributed by atoms with E-state index in [1.165, 1.54) is 6.07 Å². The Hall–Kier alpha value is -2.47. The number of nitrogens with zero attached hydrogens (tertiary/aromatic N) is 1. The Morgan fingerprint density at radius 3 is 2.41 bits per heavy atom. The number of rotatable bonds is 3. The minimum atomic E-state index is -1.05. The fraction of sp³-hybridized carbons (Fsp3) is 0.300. The van der Waals surface area contributed by atoms with Gasteiger partial charge < -0.3 is 10.2 Å². The summed E-state index contributed by atoms with van der Waals surface area (Å²) in [5.41, 5.74) is 1.67. The zero-order chi connectivity index (χ0) is 19.6. The van der Waals surface area contributed by atoms with Crippen molar-refractivity contribution in [3.63, 3.8) is 0 Å². The van der Waals surface area contributed by atoms with Crippen molar-refractivity contribution < 1.29 is 18.4 Å². The molecule has 0 radical (unpaired) electrons. The van der Waals surface area contributed by atoms with Crippen molar-refractivity contribution >= 4 is 29.1 Å². The highest BCUT2D eigenvalue weighted by Gasteiger charge is 2.28. The van der Waals surface area contributed by atoms with Gasteiger partial charge in [-0.2, -0.15) is 0 Å². The van der Waals surface area contributed by atoms with Gasteiger partial charge in [0.05, 0.1) is 0 Å². The summed E-state index contributed by atoms with van der Waals surface area (Å²) in [7, 11) is 0. The van der Waals surface area contributed by atoms with Crippen LogP contribution >= 0.6 is 11.6 Å². The van der Waals surface area contributed by atoms with Crippen LogP contribution in [0, 0.1) is 24.5 Å². The first-order valence-corrected chi connectivity index (χ1v) is 9.04. The van der Waals surface area contributed by atoms with Gasteiger partial charge in [0.2, 0.25) is 5.91 Å². The Labute approximate surface area is 161 Å². The molecular weight excluding hydrogens is 374 g/mol. The van der Waals surface area contributed by atoms with Crippen molar-refractivity contribution in [2.24, 2.45) is 5.92 Å². The van der Waals surface area contributed by atoms with Gasteiger partial charge in [-0.3, -0.25) is 9.59 Å². The topological polar surface area (TPSA) is 49.4 Å². The lowest BCUT2D eigenvalue weighted by Crippen LogP contribution is -2.41. The lowest BCUT2D eigenvalue weighted by Gasteiger charge is -2.31. The molecule has 1 N–H and O–H groups in total. The fourth-order valence-electron chi connectivity index (χ4n) is 3.07. The van der Waals surface area contributed by atoms with Gasteiger partial charge in [0, 0.05) is 35.3 Å². The van der Waals surface area contributed by atoms with E-state index in [9.17, 15) is 18.4 Å². The number of likely N-dealkylation sites (tertiary alicyclic amines) is 1. The number of amides is 2. The second kappa shape index (κ2) is 8.05. The lowest BCUT2D eigenvalue weighted by molar-refractivity contribution is -0.121. The first-order chi connectivity index (χ1) is 12.8. The number of hydrogen-bond acceptors (Lipinski definition) is 2. The molecule has 7 heteroatoms. The lowest BCUT2D eigenvalue weighted by atomic mass is 9.95. The van der Waals surface area contributed by atoms with Crippen molar-refractivity contribution in [2.45, 2.75) is 19.8 Å². The van der Waals surface area contributed by atoms with Gasteiger partial charge in [0.25, 0.3) is 5.91 Å². The first kappa shape index (κ1) is 19.3. The molecule has 1 heterocycles. The molecule has 0 aliphatic carbocycles. The summed E-state index contributed by atoms with van der Waals surface area (Å²) in [4.78, 5) is 26.4. The van der Waals surface area contributed by atoms with Gasteiger partial charge in [-0.25, -0.2) is 8.78 Å². The molecule has 0 atom stereocenters. The molecule has 0 aromatic heterocycles. The van der Waals surface area contributed by atoms with Gasteiger partial charge in [0.1, 0.15) is 0 Å². The Bertz CT molecular complexity index is 880. The highest BCUT2D eigenvalue weighted by Crippen LogP contribution is 2.24. The summed E-state index contributed by atoms with van der Waals surface area (Å²) >= 11 is 6.07. The van der Waals surface area contributed by atoms with Gasteiger partial charge in [-0.05, 0) is 55.7 Å². The Balaban J connectivity index is 1.57. The zero-order valence-electron chi connectivity index (χ0n) is 14.8. The number of carbonyl (C=O) groups excluding carboxylic acids is 2. The summed E-state index contributed by atoms with van der Waals surface area (Å²) in [5, 5.41) is 3.43. The molecule has 0 spiro atoms. The molecule has 27 heavy (non-hydrogen) atoms. The zero-order valence-corrected chi connectivity index (χ0v) is 15.5. The Morgan fingerprint density at radius 2 is 1.78 bits per heavy atom. The smallest absolute Gasteiger partial charge is 0.253 e. The van der Waals surface area contributed by atoms with Crippen molar-refractivity contribution in [1.29, 1.82) is 0 Å². The monoisotopic (exact) mass is 392 g/mol. The summed E-state index contributed by atoms with van der Waals surface area (Å²) in [5.74, 6) is -2.74. The molecule has 2 aromatic carbocycles. The van der Waals surface area contributed by atoms with Crippen molar-refractivity contribution in [3.05, 3.63) is 64.2 Å². The maximum Gasteiger partial charge on any atom is 0.253 e. The van der Waals surface area contributed by atoms with Gasteiger partial charge >= 0.3 is 0 Å². The van der Waals surface area contributed by atoms with E-state index < -0.39 is 11.6 Å². The predicted octanol–water partition coefficient (Wildman–Crippen LogP) is 4.42. The van der Waals surface area contributed by atoms with Crippen LogP contribution in [-0.4, -0.2) is 29.8 Å². The van der Waals surface area contributed by atoms with Crippen molar-refractivity contribution in [2.75, 3.05) is 18.4 Å². The minimum Gasteiger partial charge on any atom is -0.339 e. The Kier molecular flexibility index (Phi) is 5.75. The first-order valence-electron chi connectivity index (χ1n) is 8.66. The second-order valence-electron chi connectivity index (χ2n) is 6.65. The average Bonchev–Trinajstić information content (AvgIpc) is 2.66. The number of aryl methyl sites for hydroxylation is 1. The Morgan fingerprint density at radius 1 is 1.07 bits per heavy atom. The number of nitrogens with one attached hydrogen (secondary N) is 1. The third-order valence-electron chi connectivity index (χ3n) is 4.76. The van der Waals surface area contributed by atoms with Crippen molar-refractivity contribution in [1.82, 2.24) is 4.90 Å². The van der Waals surface area contributed by atoms with Crippen LogP contribution in [0.3, 0.4) is 0 Å². The predicted molar refractivity (Wildman–Crippen MR) is 99.8 cm³/mol. The van der Waals surface area contributed by atoms with Gasteiger partial charge in [-0.1, -0.05) is 17.7 Å². The van der Waals surface area contributed by atoms with E-state index in [2.05, 4.69) is 5.32 Å². The molecular formula is C20H19ClF2N2O2. The number of piperidine rings is 1. The molecule has 0 unspecified atom stereocenters. The second-order valence-corrected chi connectivity index (χ2v) is 7.06. The number of hydrogen-bond donors (Lipinski definition) is 1. The maximum atomic E-state index is 13.3. The molecule has 1 aliphatic rings. The fourth-order valence-corrected chi connectivity index (χ4v) is 3.25. The normalized spacial score (nSPS) is 14.9. The highest BCUT2D eigenvalue weighted by molar-refractivity contribution is 6.31. The third kappa shape index (κ3) is 4.45. The van der Waals surface area contributed by atoms with E-state index in [0.29, 0.717) is 36.6 Å². The molecule has 4 nitrogen and oxygen atoms in total. The van der Waals surface area contributed by atoms with Crippen LogP contribution in [0.5, 0.6) is 0 Å². The van der Waals surface area contributed by atoms with Crippen molar-refractivity contribution in [3.8, 4) is 0 Å². The molecule has 142 valence electrons. The van der Waals surface area contributed by atoms with E-state index in [1.807, 2.05) is 13.0 Å². The number of benzene rings is 2. The van der Waals surface area contributed by atoms with E-state index in [4.69, 9.17) is 11.6 Å². The molecule has 2 aromatic rings. The third-order valence-corrected chi connectivity index (χ3v) is 5.17. The van der Waals surface area contributed by atoms with E-state index >= 15 is 0 Å². The SMILES string of the molecule is Cc1ccc(NC(=O)C2CCN(C(=O)c3ccc(F)c(F)c3)CC2)cc1Cl. The van der Waals surface area contributed by atoms with Crippen LogP contribution in [-0.2, 0) is 4.79 Å². The van der Waals surface area contributed by atoms with Crippen LogP contribution in [0.2, 0.25) is 5.02 Å². The summed E-state index contributed by atoms with van der Waals surface area (Å²) in [6, 6.07) is 8.44. The average molecular weight is 393 g/mol. The molecule has 1 saturated heterocycles. The van der Waals surface area contributed by atoms with Crippen LogP contribution < -0.4 is 5.32 Å². The van der Waals surface area contributed by atoms with E-state index in [1.54, 1.807) is 17.0 Å². The molecule has 1 aliphatic heterocycles. The van der Waals surface area contributed by atoms with Crippen LogP contribution in [0.4, 0.5) is 14.5 Å². The quantitative estimate of drug-likeness (QED) is 0.840. The molecule has 2 amide bonds. The number of anilines is 1. The number of carbonyl (C=O) groups is 2. The highest BCUT2D eigenvalue weighted by atomic mass is 35.5. The standard InChI is InChI=1S/C20H19ClF2N2O2/c1-12-2-4-15(11-16(12)21)24-19(26)13-6-8-25(9-7-13)20(27)14-3-5-17(22)18(23)10-14/h2-5,10-11,13H,6-9H2,1H3,(H,24,26). The summed E-state index contributed by atoms with van der Waals surface area (Å²) in [6.07, 6.45) is 1.00. The van der Waals surface area contributed by atoms with Crippen LogP contribution in [0.15, 0.2) is 36.4 Å². The van der Waals surface area contributed by atoms with Gasteiger partial charge in [-0.15, -0.1) is 0 Å². The largest absolute Gasteiger partial charge is 0.339 e. The summed E-state index contributed by atoms with van der Waals surface area (Å²) in [6.45, 7) is 2.64. The molecule has 0 saturated carbocycles. The summed E-state index contributed by atoms with van der Waals surface area (Å²) < 4.78 is 26.3. The van der Waals surface area contributed by atoms with Gasteiger partial charge in [0.15, 0.2) is 11.6 Å². The van der Waals surface area contributed by atoms with E-state index in [-0.39, 0.29) is 23.3 Å². The molecule has 3 rings (SSSR count). The number of halogens is 3. The van der Waals surface area contributed by atoms with Crippen LogP contribution in [0.25, 0.3) is 0 Å². The minimum absolute atomic E-state index is 0.103. The molecule has 1 fully saturated rings. The van der Waals surface area contributed by atoms with Crippen LogP contribution in [0.1, 0.15) is 28.8 Å².